The number of anilines is 1. The van der Waals surface area contributed by atoms with E-state index in [1.807, 2.05) is 0 Å². The third kappa shape index (κ3) is 4.19. The van der Waals surface area contributed by atoms with E-state index in [2.05, 4.69) is 10.1 Å². The molecule has 2 heterocycles. The molecule has 0 aromatic heterocycles. The largest absolute Gasteiger partial charge is 0.433 e. The molecule has 0 aliphatic carbocycles. The predicted molar refractivity (Wildman–Crippen MR) is 86.9 cm³/mol. The first kappa shape index (κ1) is 17.9. The molecule has 2 aliphatic heterocycles. The SMILES string of the molecule is Cc1cccc(OC(F)F)c1NC(=O)N1CCCCC1C1OCCO1. The van der Waals surface area contributed by atoms with Gasteiger partial charge in [0.25, 0.3) is 0 Å². The molecule has 0 saturated carbocycles. The number of ether oxygens (including phenoxy) is 3. The maximum absolute atomic E-state index is 12.8. The van der Waals surface area contributed by atoms with Crippen LogP contribution in [0, 0.1) is 6.92 Å². The number of nitrogens with one attached hydrogen (secondary N) is 1. The topological polar surface area (TPSA) is 60.0 Å². The van der Waals surface area contributed by atoms with Crippen LogP contribution in [0.25, 0.3) is 0 Å². The molecule has 6 nitrogen and oxygen atoms in total. The van der Waals surface area contributed by atoms with Gasteiger partial charge >= 0.3 is 12.6 Å². The second-order valence-electron chi connectivity index (χ2n) is 6.12. The lowest BCUT2D eigenvalue weighted by Gasteiger charge is -2.38. The Morgan fingerprint density at radius 3 is 2.80 bits per heavy atom. The third-order valence-corrected chi connectivity index (χ3v) is 4.45. The number of para-hydroxylation sites is 1. The van der Waals surface area contributed by atoms with E-state index in [1.54, 1.807) is 24.0 Å². The number of urea groups is 1. The number of alkyl halides is 2. The van der Waals surface area contributed by atoms with Gasteiger partial charge in [0.2, 0.25) is 0 Å². The number of carbonyl (C=O) groups is 1. The lowest BCUT2D eigenvalue weighted by molar-refractivity contribution is -0.0973. The lowest BCUT2D eigenvalue weighted by Crippen LogP contribution is -2.51. The molecule has 8 heteroatoms. The van der Waals surface area contributed by atoms with E-state index in [-0.39, 0.29) is 23.5 Å². The normalized spacial score (nSPS) is 21.6. The molecule has 1 unspecified atom stereocenters. The third-order valence-electron chi connectivity index (χ3n) is 4.45. The van der Waals surface area contributed by atoms with Gasteiger partial charge in [-0.05, 0) is 37.8 Å². The van der Waals surface area contributed by atoms with E-state index in [9.17, 15) is 13.6 Å². The molecule has 0 spiro atoms. The van der Waals surface area contributed by atoms with E-state index in [0.717, 1.165) is 19.3 Å². The number of nitrogens with zero attached hydrogens (tertiary/aromatic N) is 1. The molecule has 0 bridgehead atoms. The molecule has 1 aromatic carbocycles. The number of halogens is 2. The van der Waals surface area contributed by atoms with E-state index >= 15 is 0 Å². The van der Waals surface area contributed by atoms with Crippen molar-refractivity contribution in [3.63, 3.8) is 0 Å². The molecule has 2 fully saturated rings. The van der Waals surface area contributed by atoms with Crippen molar-refractivity contribution in [3.8, 4) is 5.75 Å². The zero-order chi connectivity index (χ0) is 17.8. The van der Waals surface area contributed by atoms with E-state index in [0.29, 0.717) is 25.3 Å². The molecule has 1 N–H and O–H groups in total. The highest BCUT2D eigenvalue weighted by Crippen LogP contribution is 2.31. The summed E-state index contributed by atoms with van der Waals surface area (Å²) in [5.74, 6) is -0.0507. The van der Waals surface area contributed by atoms with Crippen LogP contribution in [-0.4, -0.2) is 49.6 Å². The van der Waals surface area contributed by atoms with Gasteiger partial charge in [-0.1, -0.05) is 12.1 Å². The highest BCUT2D eigenvalue weighted by atomic mass is 19.3. The first-order valence-corrected chi connectivity index (χ1v) is 8.41. The van der Waals surface area contributed by atoms with Crippen LogP contribution in [0.4, 0.5) is 19.3 Å². The van der Waals surface area contributed by atoms with Gasteiger partial charge in [0.15, 0.2) is 6.29 Å². The van der Waals surface area contributed by atoms with Crippen molar-refractivity contribution in [2.24, 2.45) is 0 Å². The van der Waals surface area contributed by atoms with Crippen LogP contribution >= 0.6 is 0 Å². The van der Waals surface area contributed by atoms with Crippen LogP contribution in [0.1, 0.15) is 24.8 Å². The van der Waals surface area contributed by atoms with Crippen molar-refractivity contribution >= 4 is 11.7 Å². The fourth-order valence-corrected chi connectivity index (χ4v) is 3.27. The first-order chi connectivity index (χ1) is 12.1. The summed E-state index contributed by atoms with van der Waals surface area (Å²) in [6, 6.07) is 4.19. The Kier molecular flexibility index (Phi) is 5.70. The highest BCUT2D eigenvalue weighted by molar-refractivity contribution is 5.92. The number of benzene rings is 1. The number of rotatable bonds is 4. The molecule has 3 rings (SSSR count). The fraction of sp³-hybridized carbons (Fsp3) is 0.588. The number of hydrogen-bond acceptors (Lipinski definition) is 4. The minimum atomic E-state index is -2.96. The second kappa shape index (κ2) is 7.97. The minimum Gasteiger partial charge on any atom is -0.433 e. The zero-order valence-corrected chi connectivity index (χ0v) is 14.0. The standard InChI is InChI=1S/C17H22F2N2O4/c1-11-5-4-7-13(25-16(18)19)14(11)20-17(22)21-8-3-2-6-12(21)15-23-9-10-24-15/h4-5,7,12,15-16H,2-3,6,8-10H2,1H3,(H,20,22). The Balaban J connectivity index is 1.76. The van der Waals surface area contributed by atoms with Crippen LogP contribution in [0.5, 0.6) is 5.75 Å². The van der Waals surface area contributed by atoms with Crippen molar-refractivity contribution in [2.75, 3.05) is 25.1 Å². The van der Waals surface area contributed by atoms with E-state index in [1.165, 1.54) is 6.07 Å². The summed E-state index contributed by atoms with van der Waals surface area (Å²) in [5, 5.41) is 2.72. The summed E-state index contributed by atoms with van der Waals surface area (Å²) in [5.41, 5.74) is 0.902. The summed E-state index contributed by atoms with van der Waals surface area (Å²) < 4.78 is 40.9. The smallest absolute Gasteiger partial charge is 0.387 e. The average Bonchev–Trinajstić information content (AvgIpc) is 3.12. The second-order valence-corrected chi connectivity index (χ2v) is 6.12. The first-order valence-electron chi connectivity index (χ1n) is 8.41. The average molecular weight is 356 g/mol. The van der Waals surface area contributed by atoms with Crippen LogP contribution in [-0.2, 0) is 9.47 Å². The van der Waals surface area contributed by atoms with Crippen LogP contribution in [0.15, 0.2) is 18.2 Å². The molecule has 2 amide bonds. The highest BCUT2D eigenvalue weighted by Gasteiger charge is 2.36. The van der Waals surface area contributed by atoms with Gasteiger partial charge in [0, 0.05) is 6.54 Å². The predicted octanol–water partition coefficient (Wildman–Crippen LogP) is 3.36. The minimum absolute atomic E-state index is 0.0507. The van der Waals surface area contributed by atoms with Gasteiger partial charge < -0.3 is 24.4 Å². The van der Waals surface area contributed by atoms with Crippen molar-refractivity contribution in [1.29, 1.82) is 0 Å². The number of likely N-dealkylation sites (tertiary alicyclic amines) is 1. The number of carbonyl (C=O) groups excluding carboxylic acids is 1. The molecular weight excluding hydrogens is 334 g/mol. The molecule has 25 heavy (non-hydrogen) atoms. The molecule has 1 aromatic rings. The number of piperidine rings is 1. The van der Waals surface area contributed by atoms with Gasteiger partial charge in [-0.25, -0.2) is 4.79 Å². The Morgan fingerprint density at radius 1 is 1.32 bits per heavy atom. The van der Waals surface area contributed by atoms with Crippen LogP contribution < -0.4 is 10.1 Å². The quantitative estimate of drug-likeness (QED) is 0.899. The Labute approximate surface area is 145 Å². The zero-order valence-electron chi connectivity index (χ0n) is 14.0. The van der Waals surface area contributed by atoms with E-state index in [4.69, 9.17) is 9.47 Å². The molecular formula is C17H22F2N2O4. The van der Waals surface area contributed by atoms with Crippen molar-refractivity contribution in [3.05, 3.63) is 23.8 Å². The van der Waals surface area contributed by atoms with Crippen molar-refractivity contribution in [1.82, 2.24) is 4.90 Å². The van der Waals surface area contributed by atoms with Crippen molar-refractivity contribution < 1.29 is 27.8 Å². The van der Waals surface area contributed by atoms with Gasteiger partial charge in [-0.15, -0.1) is 0 Å². The maximum Gasteiger partial charge on any atom is 0.387 e. The molecule has 2 aliphatic rings. The summed E-state index contributed by atoms with van der Waals surface area (Å²) in [6.07, 6.45) is 2.22. The van der Waals surface area contributed by atoms with E-state index < -0.39 is 12.9 Å². The van der Waals surface area contributed by atoms with Gasteiger partial charge in [0.1, 0.15) is 5.75 Å². The van der Waals surface area contributed by atoms with Gasteiger partial charge in [0.05, 0.1) is 24.9 Å². The summed E-state index contributed by atoms with van der Waals surface area (Å²) in [7, 11) is 0. The maximum atomic E-state index is 12.8. The number of amides is 2. The summed E-state index contributed by atoms with van der Waals surface area (Å²) >= 11 is 0. The number of hydrogen-bond donors (Lipinski definition) is 1. The van der Waals surface area contributed by atoms with Gasteiger partial charge in [-0.2, -0.15) is 8.78 Å². The van der Waals surface area contributed by atoms with Crippen LogP contribution in [0.3, 0.4) is 0 Å². The molecule has 2 saturated heterocycles. The lowest BCUT2D eigenvalue weighted by atomic mass is 10.0. The Morgan fingerprint density at radius 2 is 2.08 bits per heavy atom. The number of aryl methyl sites for hydroxylation is 1. The molecule has 1 atom stereocenters. The Hall–Kier alpha value is -1.93. The Bertz CT molecular complexity index is 608. The fourth-order valence-electron chi connectivity index (χ4n) is 3.27. The molecule has 138 valence electrons. The van der Waals surface area contributed by atoms with Gasteiger partial charge in [-0.3, -0.25) is 0 Å². The van der Waals surface area contributed by atoms with Crippen LogP contribution in [0.2, 0.25) is 0 Å². The monoisotopic (exact) mass is 356 g/mol. The molecule has 0 radical (unpaired) electrons. The summed E-state index contributed by atoms with van der Waals surface area (Å²) in [6.45, 7) is 0.365. The van der Waals surface area contributed by atoms with Crippen molar-refractivity contribution in [2.45, 2.75) is 45.1 Å². The summed E-state index contributed by atoms with van der Waals surface area (Å²) in [4.78, 5) is 14.5.